The molecule has 0 aliphatic rings. The van der Waals surface area contributed by atoms with Gasteiger partial charge in [-0.15, -0.1) is 0 Å². The molecule has 0 spiro atoms. The summed E-state index contributed by atoms with van der Waals surface area (Å²) < 4.78 is 34.8. The Labute approximate surface area is 191 Å². The number of hydrogen-bond donors (Lipinski definition) is 1. The summed E-state index contributed by atoms with van der Waals surface area (Å²) in [7, 11) is -4.49. The third-order valence-electron chi connectivity index (χ3n) is 4.23. The van der Waals surface area contributed by atoms with Crippen LogP contribution < -0.4 is 29.6 Å². The molecule has 0 unspecified atom stereocenters. The third-order valence-corrected chi connectivity index (χ3v) is 4.68. The van der Waals surface area contributed by atoms with Gasteiger partial charge in [0, 0.05) is 6.61 Å². The number of aliphatic hydroxyl groups is 1. The molecule has 0 saturated heterocycles. The van der Waals surface area contributed by atoms with Crippen molar-refractivity contribution in [3.8, 4) is 0 Å². The topological polar surface area (TPSA) is 86.7 Å². The fourth-order valence-corrected chi connectivity index (χ4v) is 3.13. The molecule has 0 aromatic heterocycles. The first-order valence-electron chi connectivity index (χ1n) is 10.7. The number of hydrogen-bond acceptors (Lipinski definition) is 5. The Balaban J connectivity index is -0.00000134. The summed E-state index contributed by atoms with van der Waals surface area (Å²) in [5, 5.41) is 7.57. The Morgan fingerprint density at radius 3 is 1.19 bits per heavy atom. The van der Waals surface area contributed by atoms with Crippen molar-refractivity contribution in [3.63, 3.8) is 0 Å². The predicted octanol–water partition coefficient (Wildman–Crippen LogP) is 2.73. The average molecular weight is 419 g/mol. The largest absolute Gasteiger partial charge is 1.00 e. The monoisotopic (exact) mass is 418 g/mol. The van der Waals surface area contributed by atoms with Crippen LogP contribution >= 0.6 is 0 Å². The van der Waals surface area contributed by atoms with Crippen LogP contribution in [0.5, 0.6) is 0 Å². The van der Waals surface area contributed by atoms with Crippen molar-refractivity contribution in [1.29, 1.82) is 0 Å². The van der Waals surface area contributed by atoms with E-state index in [0.29, 0.717) is 6.42 Å². The van der Waals surface area contributed by atoms with Crippen molar-refractivity contribution in [1.82, 2.24) is 0 Å². The Hall–Kier alpha value is 0.830. The van der Waals surface area contributed by atoms with E-state index in [2.05, 4.69) is 11.1 Å². The van der Waals surface area contributed by atoms with E-state index in [-0.39, 0.29) is 42.8 Å². The Morgan fingerprint density at radius 2 is 0.926 bits per heavy atom. The van der Waals surface area contributed by atoms with Crippen molar-refractivity contribution >= 4 is 10.4 Å². The van der Waals surface area contributed by atoms with Gasteiger partial charge in [-0.2, -0.15) is 0 Å². The maximum Gasteiger partial charge on any atom is 1.00 e. The number of rotatable bonds is 18. The minimum absolute atomic E-state index is 0. The van der Waals surface area contributed by atoms with E-state index in [1.54, 1.807) is 6.92 Å². The predicted molar refractivity (Wildman–Crippen MR) is 108 cm³/mol. The van der Waals surface area contributed by atoms with Gasteiger partial charge in [0.25, 0.3) is 0 Å². The van der Waals surface area contributed by atoms with Crippen LogP contribution in [-0.4, -0.2) is 31.3 Å². The Bertz CT molecular complexity index is 350. The fourth-order valence-electron chi connectivity index (χ4n) is 2.81. The second kappa shape index (κ2) is 26.8. The summed E-state index contributed by atoms with van der Waals surface area (Å²) in [6, 6.07) is 0. The van der Waals surface area contributed by atoms with Gasteiger partial charge in [0.2, 0.25) is 10.4 Å². The van der Waals surface area contributed by atoms with E-state index in [1.165, 1.54) is 83.5 Å². The van der Waals surface area contributed by atoms with Gasteiger partial charge < -0.3 is 9.66 Å². The van der Waals surface area contributed by atoms with Crippen LogP contribution in [0.15, 0.2) is 0 Å². The van der Waals surface area contributed by atoms with Crippen LogP contribution in [0.1, 0.15) is 117 Å². The van der Waals surface area contributed by atoms with E-state index < -0.39 is 10.4 Å². The zero-order valence-electron chi connectivity index (χ0n) is 18.2. The van der Waals surface area contributed by atoms with E-state index in [9.17, 15) is 13.0 Å². The summed E-state index contributed by atoms with van der Waals surface area (Å²) in [6.45, 7) is 4.22. The molecule has 0 rings (SSSR count). The zero-order valence-corrected chi connectivity index (χ0v) is 21.0. The summed E-state index contributed by atoms with van der Waals surface area (Å²) in [6.07, 6.45) is 20.3. The molecule has 0 heterocycles. The standard InChI is InChI=1S/C18H38O4S.C2H6O.Na/c1-2-3-4-5-6-7-8-9-10-11-12-13-14-15-16-17-18-22-23(19,20)21;1-2-3;/h2-18H2,1H3,(H,19,20,21);3H,2H2,1H3;/q;;+1/p-1. The Kier molecular flexibility index (Phi) is 32.3. The van der Waals surface area contributed by atoms with Gasteiger partial charge in [-0.25, -0.2) is 8.42 Å². The normalized spacial score (nSPS) is 10.8. The zero-order chi connectivity index (χ0) is 19.9. The molecule has 7 heteroatoms. The smallest absolute Gasteiger partial charge is 0.726 e. The van der Waals surface area contributed by atoms with Crippen LogP contribution in [0, 0.1) is 0 Å². The van der Waals surface area contributed by atoms with E-state index in [0.717, 1.165) is 12.8 Å². The molecule has 0 bridgehead atoms. The molecule has 0 aromatic rings. The molecule has 0 saturated carbocycles. The van der Waals surface area contributed by atoms with Crippen molar-refractivity contribution in [2.24, 2.45) is 0 Å². The quantitative estimate of drug-likeness (QED) is 0.160. The van der Waals surface area contributed by atoms with Crippen LogP contribution in [0.2, 0.25) is 0 Å². The van der Waals surface area contributed by atoms with E-state index in [1.807, 2.05) is 0 Å². The average Bonchev–Trinajstić information content (AvgIpc) is 2.57. The Morgan fingerprint density at radius 1 is 0.667 bits per heavy atom. The minimum Gasteiger partial charge on any atom is -0.726 e. The number of unbranched alkanes of at least 4 members (excludes halogenated alkanes) is 15. The molecule has 0 fully saturated rings. The van der Waals surface area contributed by atoms with Gasteiger partial charge in [0.15, 0.2) is 0 Å². The van der Waals surface area contributed by atoms with Gasteiger partial charge in [-0.1, -0.05) is 103 Å². The molecular formula is C20H43NaO5S. The summed E-state index contributed by atoms with van der Waals surface area (Å²) in [5.74, 6) is 0. The molecule has 27 heavy (non-hydrogen) atoms. The van der Waals surface area contributed by atoms with Gasteiger partial charge >= 0.3 is 29.6 Å². The minimum atomic E-state index is -4.49. The molecule has 160 valence electrons. The first-order valence-corrected chi connectivity index (χ1v) is 12.0. The number of aliphatic hydroxyl groups excluding tert-OH is 1. The van der Waals surface area contributed by atoms with Crippen LogP contribution in [0.25, 0.3) is 0 Å². The molecule has 1 N–H and O–H groups in total. The van der Waals surface area contributed by atoms with Gasteiger partial charge in [0.1, 0.15) is 0 Å². The van der Waals surface area contributed by atoms with Crippen LogP contribution in [0.4, 0.5) is 0 Å². The summed E-state index contributed by atoms with van der Waals surface area (Å²) in [4.78, 5) is 0. The van der Waals surface area contributed by atoms with E-state index in [4.69, 9.17) is 5.11 Å². The molecule has 5 nitrogen and oxygen atoms in total. The SMILES string of the molecule is CCCCCCCCCCCCCCCCCCOS(=O)(=O)[O-].CCO.[Na+]. The van der Waals surface area contributed by atoms with Crippen molar-refractivity contribution in [2.45, 2.75) is 117 Å². The first kappa shape index (κ1) is 32.5. The van der Waals surface area contributed by atoms with Crippen LogP contribution in [-0.2, 0) is 14.6 Å². The van der Waals surface area contributed by atoms with Crippen molar-refractivity contribution < 1.29 is 51.8 Å². The van der Waals surface area contributed by atoms with Crippen molar-refractivity contribution in [2.75, 3.05) is 13.2 Å². The molecule has 0 radical (unpaired) electrons. The van der Waals surface area contributed by atoms with E-state index >= 15 is 0 Å². The fraction of sp³-hybridized carbons (Fsp3) is 1.00. The third kappa shape index (κ3) is 38.1. The molecule has 0 atom stereocenters. The maximum atomic E-state index is 10.2. The maximum absolute atomic E-state index is 10.2. The molecule has 0 amide bonds. The van der Waals surface area contributed by atoms with Crippen LogP contribution in [0.3, 0.4) is 0 Å². The van der Waals surface area contributed by atoms with Gasteiger partial charge in [-0.3, -0.25) is 4.18 Å². The summed E-state index contributed by atoms with van der Waals surface area (Å²) >= 11 is 0. The van der Waals surface area contributed by atoms with Crippen molar-refractivity contribution in [3.05, 3.63) is 0 Å². The molecule has 0 aliphatic carbocycles. The first-order chi connectivity index (χ1) is 12.5. The van der Waals surface area contributed by atoms with Gasteiger partial charge in [-0.05, 0) is 13.3 Å². The molecule has 0 aromatic carbocycles. The summed E-state index contributed by atoms with van der Waals surface area (Å²) in [5.41, 5.74) is 0. The molecular weight excluding hydrogens is 375 g/mol. The second-order valence-electron chi connectivity index (χ2n) is 6.85. The molecule has 0 aliphatic heterocycles. The second-order valence-corrected chi connectivity index (χ2v) is 7.90. The van der Waals surface area contributed by atoms with Gasteiger partial charge in [0.05, 0.1) is 6.61 Å².